The summed E-state index contributed by atoms with van der Waals surface area (Å²) < 4.78 is 1.16. The molecule has 0 fully saturated rings. The molecule has 0 aliphatic rings. The van der Waals surface area contributed by atoms with Crippen LogP contribution in [0.5, 0.6) is 0 Å². The summed E-state index contributed by atoms with van der Waals surface area (Å²) in [6.45, 7) is 2.09. The topological polar surface area (TPSA) is 62.7 Å². The highest BCUT2D eigenvalue weighted by molar-refractivity contribution is 7.16. The summed E-state index contributed by atoms with van der Waals surface area (Å²) in [5.41, 5.74) is 4.97. The number of rotatable bonds is 4. The van der Waals surface area contributed by atoms with E-state index in [-0.39, 0.29) is 0 Å². The Morgan fingerprint density at radius 3 is 2.80 bits per heavy atom. The molecule has 1 aromatic carbocycles. The predicted molar refractivity (Wildman–Crippen MR) is 83.9 cm³/mol. The molecule has 0 saturated heterocycles. The zero-order valence-electron chi connectivity index (χ0n) is 11.3. The molecule has 0 saturated carbocycles. The maximum atomic E-state index is 4.35. The largest absolute Gasteiger partial charge is 0.373 e. The average Bonchev–Trinajstić information content (AvgIpc) is 2.94. The lowest BCUT2D eigenvalue weighted by atomic mass is 10.2. The van der Waals surface area contributed by atoms with Gasteiger partial charge in [0.15, 0.2) is 0 Å². The second-order valence-electron chi connectivity index (χ2n) is 4.31. The summed E-state index contributed by atoms with van der Waals surface area (Å²) in [6.07, 6.45) is 2.43. The second kappa shape index (κ2) is 5.42. The van der Waals surface area contributed by atoms with E-state index in [1.165, 1.54) is 0 Å². The zero-order valence-corrected chi connectivity index (χ0v) is 12.2. The van der Waals surface area contributed by atoms with E-state index in [2.05, 4.69) is 38.6 Å². The van der Waals surface area contributed by atoms with Gasteiger partial charge in [-0.1, -0.05) is 6.92 Å². The molecule has 5 nitrogen and oxygen atoms in total. The van der Waals surface area contributed by atoms with Crippen molar-refractivity contribution in [2.24, 2.45) is 0 Å². The Balaban J connectivity index is 1.97. The molecule has 0 bridgehead atoms. The smallest absolute Gasteiger partial charge is 0.139 e. The first-order valence-electron chi connectivity index (χ1n) is 6.43. The molecule has 0 atom stereocenters. The number of thiazole rings is 1. The molecule has 0 spiro atoms. The number of nitrogens with one attached hydrogen (secondary N) is 2. The third-order valence-corrected chi connectivity index (χ3v) is 3.92. The number of hydrogen-bond donors (Lipinski definition) is 2. The maximum Gasteiger partial charge on any atom is 0.139 e. The standard InChI is InChI=1S/C14H15N5S/c1-3-10-13(15-2)16-7-17-14(10)19-9-4-5-11-12(6-9)20-8-18-11/h4-8H,3H2,1-2H3,(H2,15,16,17,19). The van der Waals surface area contributed by atoms with Crippen LogP contribution >= 0.6 is 11.3 Å². The lowest BCUT2D eigenvalue weighted by Gasteiger charge is -2.12. The molecule has 3 rings (SSSR count). The Kier molecular flexibility index (Phi) is 3.47. The SMILES string of the molecule is CCc1c(NC)ncnc1Nc1ccc2ncsc2c1. The Bertz CT molecular complexity index is 737. The first kappa shape index (κ1) is 12.8. The van der Waals surface area contributed by atoms with E-state index in [0.29, 0.717) is 0 Å². The summed E-state index contributed by atoms with van der Waals surface area (Å²) in [5, 5.41) is 6.47. The number of aromatic nitrogens is 3. The van der Waals surface area contributed by atoms with Crippen LogP contribution in [0.15, 0.2) is 30.0 Å². The lowest BCUT2D eigenvalue weighted by Crippen LogP contribution is -2.04. The van der Waals surface area contributed by atoms with Crippen LogP contribution in [0.1, 0.15) is 12.5 Å². The van der Waals surface area contributed by atoms with Gasteiger partial charge in [-0.25, -0.2) is 15.0 Å². The van der Waals surface area contributed by atoms with Crippen LogP contribution < -0.4 is 10.6 Å². The van der Waals surface area contributed by atoms with Gasteiger partial charge >= 0.3 is 0 Å². The van der Waals surface area contributed by atoms with Crippen LogP contribution in [0.3, 0.4) is 0 Å². The van der Waals surface area contributed by atoms with E-state index >= 15 is 0 Å². The van der Waals surface area contributed by atoms with E-state index in [9.17, 15) is 0 Å². The molecule has 0 amide bonds. The Morgan fingerprint density at radius 2 is 2.00 bits per heavy atom. The monoisotopic (exact) mass is 285 g/mol. The first-order chi connectivity index (χ1) is 9.81. The minimum Gasteiger partial charge on any atom is -0.373 e. The fourth-order valence-corrected chi connectivity index (χ4v) is 2.86. The first-order valence-corrected chi connectivity index (χ1v) is 7.31. The summed E-state index contributed by atoms with van der Waals surface area (Å²) in [6, 6.07) is 6.12. The van der Waals surface area contributed by atoms with Crippen LogP contribution in [0, 0.1) is 0 Å². The van der Waals surface area contributed by atoms with Crippen molar-refractivity contribution in [2.75, 3.05) is 17.7 Å². The Labute approximate surface area is 121 Å². The van der Waals surface area contributed by atoms with Crippen LogP contribution in [0.2, 0.25) is 0 Å². The van der Waals surface area contributed by atoms with Crippen LogP contribution in [-0.2, 0) is 6.42 Å². The number of hydrogen-bond acceptors (Lipinski definition) is 6. The van der Waals surface area contributed by atoms with Crippen molar-refractivity contribution in [2.45, 2.75) is 13.3 Å². The summed E-state index contributed by atoms with van der Waals surface area (Å²) in [4.78, 5) is 12.9. The molecule has 0 unspecified atom stereocenters. The van der Waals surface area contributed by atoms with Gasteiger partial charge in [0.25, 0.3) is 0 Å². The quantitative estimate of drug-likeness (QED) is 0.769. The highest BCUT2D eigenvalue weighted by Gasteiger charge is 2.09. The molecular weight excluding hydrogens is 270 g/mol. The van der Waals surface area contributed by atoms with Gasteiger partial charge in [-0.3, -0.25) is 0 Å². The normalized spacial score (nSPS) is 10.7. The van der Waals surface area contributed by atoms with Crippen molar-refractivity contribution < 1.29 is 0 Å². The molecule has 0 aliphatic carbocycles. The van der Waals surface area contributed by atoms with Gasteiger partial charge in [0.05, 0.1) is 15.7 Å². The van der Waals surface area contributed by atoms with E-state index in [1.807, 2.05) is 24.7 Å². The molecule has 0 radical (unpaired) electrons. The summed E-state index contributed by atoms with van der Waals surface area (Å²) in [5.74, 6) is 1.71. The van der Waals surface area contributed by atoms with Gasteiger partial charge in [0, 0.05) is 18.3 Å². The second-order valence-corrected chi connectivity index (χ2v) is 5.20. The Morgan fingerprint density at radius 1 is 1.15 bits per heavy atom. The minimum absolute atomic E-state index is 0.843. The zero-order chi connectivity index (χ0) is 13.9. The highest BCUT2D eigenvalue weighted by Crippen LogP contribution is 2.27. The fourth-order valence-electron chi connectivity index (χ4n) is 2.14. The van der Waals surface area contributed by atoms with Crippen molar-refractivity contribution >= 4 is 38.9 Å². The number of fused-ring (bicyclic) bond motifs is 1. The van der Waals surface area contributed by atoms with Crippen LogP contribution in [0.25, 0.3) is 10.2 Å². The van der Waals surface area contributed by atoms with Gasteiger partial charge in [0.1, 0.15) is 18.0 Å². The maximum absolute atomic E-state index is 4.35. The molecule has 2 heterocycles. The molecule has 20 heavy (non-hydrogen) atoms. The number of nitrogens with zero attached hydrogens (tertiary/aromatic N) is 3. The van der Waals surface area contributed by atoms with Crippen molar-refractivity contribution in [3.05, 3.63) is 35.6 Å². The molecule has 0 aliphatic heterocycles. The summed E-state index contributed by atoms with van der Waals surface area (Å²) >= 11 is 1.63. The van der Waals surface area contributed by atoms with Gasteiger partial charge in [0.2, 0.25) is 0 Å². The molecule has 2 N–H and O–H groups in total. The Hall–Kier alpha value is -2.21. The van der Waals surface area contributed by atoms with Crippen molar-refractivity contribution in [1.82, 2.24) is 15.0 Å². The van der Waals surface area contributed by atoms with Crippen molar-refractivity contribution in [1.29, 1.82) is 0 Å². The van der Waals surface area contributed by atoms with Crippen LogP contribution in [0.4, 0.5) is 17.3 Å². The lowest BCUT2D eigenvalue weighted by molar-refractivity contribution is 1.05. The van der Waals surface area contributed by atoms with Crippen molar-refractivity contribution in [3.63, 3.8) is 0 Å². The van der Waals surface area contributed by atoms with Gasteiger partial charge in [-0.2, -0.15) is 0 Å². The van der Waals surface area contributed by atoms with Crippen LogP contribution in [-0.4, -0.2) is 22.0 Å². The average molecular weight is 285 g/mol. The van der Waals surface area contributed by atoms with E-state index in [0.717, 1.165) is 39.5 Å². The third-order valence-electron chi connectivity index (χ3n) is 3.13. The molecule has 2 aromatic heterocycles. The van der Waals surface area contributed by atoms with E-state index in [1.54, 1.807) is 17.7 Å². The molecule has 102 valence electrons. The van der Waals surface area contributed by atoms with Crippen molar-refractivity contribution in [3.8, 4) is 0 Å². The molecule has 6 heteroatoms. The number of benzene rings is 1. The number of anilines is 3. The predicted octanol–water partition coefficient (Wildman–Crippen LogP) is 3.43. The van der Waals surface area contributed by atoms with Gasteiger partial charge in [-0.05, 0) is 24.6 Å². The molecule has 3 aromatic rings. The summed E-state index contributed by atoms with van der Waals surface area (Å²) in [7, 11) is 1.87. The van der Waals surface area contributed by atoms with E-state index in [4.69, 9.17) is 0 Å². The highest BCUT2D eigenvalue weighted by atomic mass is 32.1. The minimum atomic E-state index is 0.843. The third kappa shape index (κ3) is 2.30. The van der Waals surface area contributed by atoms with E-state index < -0.39 is 0 Å². The molecular formula is C14H15N5S. The fraction of sp³-hybridized carbons (Fsp3) is 0.214. The van der Waals surface area contributed by atoms with Gasteiger partial charge in [-0.15, -0.1) is 11.3 Å². The van der Waals surface area contributed by atoms with Gasteiger partial charge < -0.3 is 10.6 Å².